The van der Waals surface area contributed by atoms with E-state index >= 15 is 0 Å². The van der Waals surface area contributed by atoms with Crippen molar-refractivity contribution in [2.45, 2.75) is 18.7 Å². The van der Waals surface area contributed by atoms with E-state index in [0.717, 1.165) is 11.6 Å². The smallest absolute Gasteiger partial charge is 0.270 e. The van der Waals surface area contributed by atoms with Crippen molar-refractivity contribution in [3.05, 3.63) is 81.4 Å². The van der Waals surface area contributed by atoms with Crippen LogP contribution in [0.3, 0.4) is 0 Å². The van der Waals surface area contributed by atoms with Gasteiger partial charge in [0.2, 0.25) is 0 Å². The Kier molecular flexibility index (Phi) is 6.83. The molecule has 0 spiro atoms. The van der Waals surface area contributed by atoms with Gasteiger partial charge in [-0.1, -0.05) is 17.7 Å². The molecule has 3 rings (SSSR count). The van der Waals surface area contributed by atoms with Gasteiger partial charge in [0.1, 0.15) is 4.90 Å². The number of nitrogens with zero attached hydrogens (tertiary/aromatic N) is 2. The van der Waals surface area contributed by atoms with Gasteiger partial charge in [0, 0.05) is 12.1 Å². The average Bonchev–Trinajstić information content (AvgIpc) is 2.76. The van der Waals surface area contributed by atoms with Gasteiger partial charge in [-0.05, 0) is 55.3 Å². The number of hydrogen-bond donors (Lipinski definition) is 3. The van der Waals surface area contributed by atoms with Crippen molar-refractivity contribution in [1.29, 1.82) is 0 Å². The highest BCUT2D eigenvalue weighted by molar-refractivity contribution is 7.92. The van der Waals surface area contributed by atoms with Crippen LogP contribution in [0.1, 0.15) is 16.7 Å². The van der Waals surface area contributed by atoms with E-state index in [9.17, 15) is 23.6 Å². The van der Waals surface area contributed by atoms with E-state index in [1.807, 2.05) is 13.0 Å². The van der Waals surface area contributed by atoms with Crippen LogP contribution in [-0.4, -0.2) is 31.8 Å². The zero-order valence-electron chi connectivity index (χ0n) is 18.1. The third kappa shape index (κ3) is 5.57. The number of sulfonamides is 1. The molecule has 0 heterocycles. The summed E-state index contributed by atoms with van der Waals surface area (Å²) < 4.78 is 33.8. The number of phenols is 1. The van der Waals surface area contributed by atoms with Crippen molar-refractivity contribution < 1.29 is 23.2 Å². The number of nitro groups is 1. The van der Waals surface area contributed by atoms with Crippen LogP contribution < -0.4 is 14.9 Å². The van der Waals surface area contributed by atoms with Gasteiger partial charge in [-0.25, -0.2) is 8.42 Å². The molecule has 11 heteroatoms. The zero-order valence-corrected chi connectivity index (χ0v) is 18.9. The fourth-order valence-electron chi connectivity index (χ4n) is 3.02. The summed E-state index contributed by atoms with van der Waals surface area (Å²) in [6.45, 7) is 3.64. The molecule has 3 N–H and O–H groups in total. The first kappa shape index (κ1) is 23.5. The second kappa shape index (κ2) is 9.57. The quantitative estimate of drug-likeness (QED) is 0.255. The summed E-state index contributed by atoms with van der Waals surface area (Å²) >= 11 is 0. The Labute approximate surface area is 190 Å². The average molecular weight is 471 g/mol. The minimum atomic E-state index is -4.19. The number of ether oxygens (including phenoxy) is 1. The van der Waals surface area contributed by atoms with Crippen LogP contribution in [0.25, 0.3) is 0 Å². The number of hydrogen-bond acceptors (Lipinski definition) is 8. The molecule has 0 saturated carbocycles. The molecule has 3 aromatic carbocycles. The van der Waals surface area contributed by atoms with E-state index in [0.29, 0.717) is 16.8 Å². The molecule has 0 unspecified atom stereocenters. The van der Waals surface area contributed by atoms with Crippen molar-refractivity contribution in [2.24, 2.45) is 5.10 Å². The number of aryl methyl sites for hydroxylation is 2. The predicted molar refractivity (Wildman–Crippen MR) is 126 cm³/mol. The number of methoxy groups -OCH3 is 1. The van der Waals surface area contributed by atoms with E-state index in [-0.39, 0.29) is 27.8 Å². The minimum Gasteiger partial charge on any atom is -0.504 e. The van der Waals surface area contributed by atoms with E-state index in [1.54, 1.807) is 25.1 Å². The number of hydrazone groups is 1. The second-order valence-corrected chi connectivity index (χ2v) is 8.81. The molecule has 0 radical (unpaired) electrons. The first-order valence-corrected chi connectivity index (χ1v) is 11.1. The molecule has 10 nitrogen and oxygen atoms in total. The molecule has 0 aliphatic heterocycles. The molecule has 0 fully saturated rings. The van der Waals surface area contributed by atoms with Gasteiger partial charge in [-0.15, -0.1) is 0 Å². The Bertz CT molecular complexity index is 1340. The number of non-ortho nitro benzene ring substituents is 1. The molecular formula is C22H22N4O6S. The number of phenolic OH excluding ortho intramolecular Hbond substituents is 1. The Morgan fingerprint density at radius 3 is 2.45 bits per heavy atom. The second-order valence-electron chi connectivity index (χ2n) is 7.16. The van der Waals surface area contributed by atoms with Gasteiger partial charge in [0.15, 0.2) is 11.5 Å². The van der Waals surface area contributed by atoms with E-state index in [2.05, 4.69) is 15.2 Å². The zero-order chi connectivity index (χ0) is 24.2. The molecule has 0 atom stereocenters. The summed E-state index contributed by atoms with van der Waals surface area (Å²) in [7, 11) is -2.78. The van der Waals surface area contributed by atoms with Gasteiger partial charge in [-0.3, -0.25) is 20.3 Å². The van der Waals surface area contributed by atoms with Crippen molar-refractivity contribution in [1.82, 2.24) is 0 Å². The fourth-order valence-corrected chi connectivity index (χ4v) is 4.33. The molecule has 0 aliphatic rings. The maximum Gasteiger partial charge on any atom is 0.270 e. The van der Waals surface area contributed by atoms with Crippen molar-refractivity contribution >= 4 is 33.3 Å². The Morgan fingerprint density at radius 2 is 1.79 bits per heavy atom. The Balaban J connectivity index is 1.95. The van der Waals surface area contributed by atoms with Gasteiger partial charge >= 0.3 is 0 Å². The van der Waals surface area contributed by atoms with Crippen molar-refractivity contribution in [3.63, 3.8) is 0 Å². The number of benzene rings is 3. The standard InChI is InChI=1S/C22H22N4O6S/c1-14-4-7-18(15(2)10-14)25-33(30,31)22-12-17(26(28)29)6-8-19(22)24-23-13-16-5-9-20(27)21(11-16)32-3/h4-13,24-25,27H,1-3H3. The summed E-state index contributed by atoms with van der Waals surface area (Å²) in [6.07, 6.45) is 1.39. The summed E-state index contributed by atoms with van der Waals surface area (Å²) in [5.41, 5.74) is 4.88. The van der Waals surface area contributed by atoms with Gasteiger partial charge in [0.05, 0.1) is 29.6 Å². The lowest BCUT2D eigenvalue weighted by atomic mass is 10.1. The monoisotopic (exact) mass is 470 g/mol. The maximum absolute atomic E-state index is 13.1. The van der Waals surface area contributed by atoms with Crippen LogP contribution in [0.2, 0.25) is 0 Å². The minimum absolute atomic E-state index is 0.0381. The lowest BCUT2D eigenvalue weighted by Gasteiger charge is -2.14. The van der Waals surface area contributed by atoms with Gasteiger partial charge < -0.3 is 9.84 Å². The number of nitro benzene ring substituents is 1. The van der Waals surface area contributed by atoms with Gasteiger partial charge in [-0.2, -0.15) is 5.10 Å². The Morgan fingerprint density at radius 1 is 1.06 bits per heavy atom. The van der Waals surface area contributed by atoms with Crippen molar-refractivity contribution in [2.75, 3.05) is 17.3 Å². The highest BCUT2D eigenvalue weighted by Gasteiger charge is 2.23. The fraction of sp³-hybridized carbons (Fsp3) is 0.136. The topological polar surface area (TPSA) is 143 Å². The predicted octanol–water partition coefficient (Wildman–Crippen LogP) is 4.17. The molecule has 0 amide bonds. The molecule has 3 aromatic rings. The van der Waals surface area contributed by atoms with E-state index < -0.39 is 14.9 Å². The molecule has 0 aliphatic carbocycles. The van der Waals surface area contributed by atoms with Gasteiger partial charge in [0.25, 0.3) is 15.7 Å². The molecule has 172 valence electrons. The van der Waals surface area contributed by atoms with E-state index in [4.69, 9.17) is 4.74 Å². The molecular weight excluding hydrogens is 448 g/mol. The Hall–Kier alpha value is -4.12. The third-order valence-corrected chi connectivity index (χ3v) is 6.10. The first-order chi connectivity index (χ1) is 15.6. The largest absolute Gasteiger partial charge is 0.504 e. The molecule has 0 bridgehead atoms. The summed E-state index contributed by atoms with van der Waals surface area (Å²) in [5, 5.41) is 24.9. The third-order valence-electron chi connectivity index (χ3n) is 4.69. The van der Waals surface area contributed by atoms with Crippen LogP contribution in [0.4, 0.5) is 17.1 Å². The maximum atomic E-state index is 13.1. The lowest BCUT2D eigenvalue weighted by molar-refractivity contribution is -0.385. The van der Waals surface area contributed by atoms with Crippen LogP contribution in [0.5, 0.6) is 11.5 Å². The van der Waals surface area contributed by atoms with E-state index in [1.165, 1.54) is 37.6 Å². The van der Waals surface area contributed by atoms with Crippen LogP contribution in [-0.2, 0) is 10.0 Å². The lowest BCUT2D eigenvalue weighted by Crippen LogP contribution is -2.16. The normalized spacial score (nSPS) is 11.4. The number of anilines is 2. The molecule has 0 aromatic heterocycles. The summed E-state index contributed by atoms with van der Waals surface area (Å²) in [6, 6.07) is 13.2. The number of aromatic hydroxyl groups is 1. The first-order valence-electron chi connectivity index (χ1n) is 9.65. The summed E-state index contributed by atoms with van der Waals surface area (Å²) in [4.78, 5) is 10.2. The molecule has 33 heavy (non-hydrogen) atoms. The number of rotatable bonds is 8. The van der Waals surface area contributed by atoms with Crippen molar-refractivity contribution in [3.8, 4) is 11.5 Å². The number of nitrogens with one attached hydrogen (secondary N) is 2. The highest BCUT2D eigenvalue weighted by atomic mass is 32.2. The SMILES string of the molecule is COc1cc(C=NNc2ccc([N+](=O)[O-])cc2S(=O)(=O)Nc2ccc(C)cc2C)ccc1O. The van der Waals surface area contributed by atoms with Crippen LogP contribution in [0, 0.1) is 24.0 Å². The summed E-state index contributed by atoms with van der Waals surface area (Å²) in [5.74, 6) is 0.207. The molecule has 0 saturated heterocycles. The van der Waals surface area contributed by atoms with Crippen LogP contribution >= 0.6 is 0 Å². The van der Waals surface area contributed by atoms with Crippen LogP contribution in [0.15, 0.2) is 64.6 Å². The highest BCUT2D eigenvalue weighted by Crippen LogP contribution is 2.30.